The summed E-state index contributed by atoms with van der Waals surface area (Å²) in [7, 11) is 0. The average molecular weight is 274 g/mol. The van der Waals surface area contributed by atoms with Gasteiger partial charge in [0.2, 0.25) is 0 Å². The molecule has 1 fully saturated rings. The molecule has 1 aliphatic heterocycles. The van der Waals surface area contributed by atoms with Gasteiger partial charge in [-0.2, -0.15) is 0 Å². The van der Waals surface area contributed by atoms with Gasteiger partial charge in [-0.3, -0.25) is 4.90 Å². The fourth-order valence-electron chi connectivity index (χ4n) is 1.86. The Hall–Kier alpha value is -0.450. The lowest BCUT2D eigenvalue weighted by atomic mass is 10.2. The second kappa shape index (κ2) is 4.60. The molecular weight excluding hydrogens is 261 g/mol. The lowest BCUT2D eigenvalue weighted by Gasteiger charge is -2.15. The van der Waals surface area contributed by atoms with Crippen molar-refractivity contribution in [2.45, 2.75) is 19.1 Å². The largest absolute Gasteiger partial charge is 0.392 e. The molecule has 1 saturated heterocycles. The molecule has 2 rings (SSSR count). The maximum absolute atomic E-state index is 13.0. The van der Waals surface area contributed by atoms with E-state index in [2.05, 4.69) is 20.8 Å². The van der Waals surface area contributed by atoms with Gasteiger partial charge in [-0.15, -0.1) is 0 Å². The number of hydrogen-bond donors (Lipinski definition) is 1. The normalized spacial score (nSPS) is 22.2. The minimum absolute atomic E-state index is 0.215. The van der Waals surface area contributed by atoms with Gasteiger partial charge in [0.25, 0.3) is 0 Å². The van der Waals surface area contributed by atoms with E-state index in [0.717, 1.165) is 23.0 Å². The van der Waals surface area contributed by atoms with Crippen molar-refractivity contribution in [1.29, 1.82) is 0 Å². The molecular formula is C11H13BrFNO. The summed E-state index contributed by atoms with van der Waals surface area (Å²) >= 11 is 3.40. The molecule has 0 unspecified atom stereocenters. The molecule has 1 heterocycles. The van der Waals surface area contributed by atoms with Crippen LogP contribution < -0.4 is 0 Å². The SMILES string of the molecule is O[C@H]1CCN(Cc2cc(F)ccc2Br)C1. The second-order valence-corrected chi connectivity index (χ2v) is 4.77. The number of nitrogens with zero attached hydrogens (tertiary/aromatic N) is 1. The third-order valence-corrected chi connectivity index (χ3v) is 3.42. The Kier molecular flexibility index (Phi) is 3.38. The quantitative estimate of drug-likeness (QED) is 0.893. The van der Waals surface area contributed by atoms with Gasteiger partial charge in [0.05, 0.1) is 6.10 Å². The van der Waals surface area contributed by atoms with Crippen LogP contribution in [0.2, 0.25) is 0 Å². The predicted octanol–water partition coefficient (Wildman–Crippen LogP) is 2.15. The van der Waals surface area contributed by atoms with Crippen LogP contribution >= 0.6 is 15.9 Å². The van der Waals surface area contributed by atoms with Crippen LogP contribution in [-0.2, 0) is 6.54 Å². The molecule has 1 aromatic rings. The zero-order valence-corrected chi connectivity index (χ0v) is 9.87. The lowest BCUT2D eigenvalue weighted by molar-refractivity contribution is 0.174. The van der Waals surface area contributed by atoms with Crippen molar-refractivity contribution < 1.29 is 9.50 Å². The van der Waals surface area contributed by atoms with E-state index in [-0.39, 0.29) is 11.9 Å². The highest BCUT2D eigenvalue weighted by atomic mass is 79.9. The van der Waals surface area contributed by atoms with Crippen LogP contribution in [0.5, 0.6) is 0 Å². The Morgan fingerprint density at radius 2 is 2.33 bits per heavy atom. The number of hydrogen-bond acceptors (Lipinski definition) is 2. The lowest BCUT2D eigenvalue weighted by Crippen LogP contribution is -2.21. The first-order valence-corrected chi connectivity index (χ1v) is 5.79. The monoisotopic (exact) mass is 273 g/mol. The van der Waals surface area contributed by atoms with Crippen molar-refractivity contribution >= 4 is 15.9 Å². The number of rotatable bonds is 2. The molecule has 0 aliphatic carbocycles. The summed E-state index contributed by atoms with van der Waals surface area (Å²) in [6, 6.07) is 4.69. The maximum Gasteiger partial charge on any atom is 0.123 e. The van der Waals surface area contributed by atoms with E-state index in [1.54, 1.807) is 6.07 Å². The predicted molar refractivity (Wildman–Crippen MR) is 60.0 cm³/mol. The minimum Gasteiger partial charge on any atom is -0.392 e. The highest BCUT2D eigenvalue weighted by Crippen LogP contribution is 2.21. The standard InChI is InChI=1S/C11H13BrFNO/c12-11-2-1-9(13)5-8(11)6-14-4-3-10(15)7-14/h1-2,5,10,15H,3-4,6-7H2/t10-/m0/s1. The number of aliphatic hydroxyl groups excluding tert-OH is 1. The number of β-amino-alcohol motifs (C(OH)–C–C–N with tert-alkyl or cyclic N) is 1. The molecule has 2 nitrogen and oxygen atoms in total. The van der Waals surface area contributed by atoms with Crippen molar-refractivity contribution in [3.63, 3.8) is 0 Å². The van der Waals surface area contributed by atoms with Crippen molar-refractivity contribution in [1.82, 2.24) is 4.90 Å². The first-order chi connectivity index (χ1) is 7.15. The second-order valence-electron chi connectivity index (χ2n) is 3.91. The molecule has 0 radical (unpaired) electrons. The van der Waals surface area contributed by atoms with Crippen LogP contribution in [-0.4, -0.2) is 29.2 Å². The van der Waals surface area contributed by atoms with E-state index < -0.39 is 0 Å². The van der Waals surface area contributed by atoms with Gasteiger partial charge >= 0.3 is 0 Å². The molecule has 1 atom stereocenters. The van der Waals surface area contributed by atoms with Gasteiger partial charge in [-0.25, -0.2) is 4.39 Å². The van der Waals surface area contributed by atoms with Gasteiger partial charge < -0.3 is 5.11 Å². The van der Waals surface area contributed by atoms with Crippen molar-refractivity contribution in [2.75, 3.05) is 13.1 Å². The van der Waals surface area contributed by atoms with Crippen LogP contribution in [0.25, 0.3) is 0 Å². The van der Waals surface area contributed by atoms with Crippen LogP contribution in [0.1, 0.15) is 12.0 Å². The van der Waals surface area contributed by atoms with E-state index in [1.807, 2.05) is 0 Å². The molecule has 1 N–H and O–H groups in total. The molecule has 15 heavy (non-hydrogen) atoms. The molecule has 1 aliphatic rings. The summed E-state index contributed by atoms with van der Waals surface area (Å²) < 4.78 is 13.9. The third-order valence-electron chi connectivity index (χ3n) is 2.65. The maximum atomic E-state index is 13.0. The smallest absolute Gasteiger partial charge is 0.123 e. The summed E-state index contributed by atoms with van der Waals surface area (Å²) in [5, 5.41) is 9.37. The number of likely N-dealkylation sites (tertiary alicyclic amines) is 1. The van der Waals surface area contributed by atoms with E-state index in [1.165, 1.54) is 12.1 Å². The zero-order valence-electron chi connectivity index (χ0n) is 8.29. The van der Waals surface area contributed by atoms with Crippen molar-refractivity contribution in [3.05, 3.63) is 34.1 Å². The minimum atomic E-state index is -0.225. The topological polar surface area (TPSA) is 23.5 Å². The van der Waals surface area contributed by atoms with E-state index in [0.29, 0.717) is 13.1 Å². The van der Waals surface area contributed by atoms with E-state index in [9.17, 15) is 9.50 Å². The Bertz CT molecular complexity index is 358. The van der Waals surface area contributed by atoms with Gasteiger partial charge in [0.1, 0.15) is 5.82 Å². The summed E-state index contributed by atoms with van der Waals surface area (Å²) in [5.74, 6) is -0.215. The molecule has 0 saturated carbocycles. The van der Waals surface area contributed by atoms with Gasteiger partial charge in [0.15, 0.2) is 0 Å². The summed E-state index contributed by atoms with van der Waals surface area (Å²) in [6.45, 7) is 2.25. The zero-order chi connectivity index (χ0) is 10.8. The van der Waals surface area contributed by atoms with Crippen LogP contribution in [0.4, 0.5) is 4.39 Å². The molecule has 1 aromatic carbocycles. The van der Waals surface area contributed by atoms with Crippen LogP contribution in [0.3, 0.4) is 0 Å². The van der Waals surface area contributed by atoms with Crippen molar-refractivity contribution in [2.24, 2.45) is 0 Å². The Balaban J connectivity index is 2.07. The number of halogens is 2. The highest BCUT2D eigenvalue weighted by molar-refractivity contribution is 9.10. The fourth-order valence-corrected chi connectivity index (χ4v) is 2.23. The Morgan fingerprint density at radius 1 is 1.53 bits per heavy atom. The first kappa shape index (κ1) is 11.0. The Morgan fingerprint density at radius 3 is 3.00 bits per heavy atom. The molecule has 82 valence electrons. The molecule has 0 aromatic heterocycles. The van der Waals surface area contributed by atoms with Gasteiger partial charge in [-0.05, 0) is 30.2 Å². The average Bonchev–Trinajstić information content (AvgIpc) is 2.58. The van der Waals surface area contributed by atoms with Crippen LogP contribution in [0, 0.1) is 5.82 Å². The summed E-state index contributed by atoms with van der Waals surface area (Å²) in [4.78, 5) is 2.13. The van der Waals surface area contributed by atoms with Crippen molar-refractivity contribution in [3.8, 4) is 0 Å². The molecule has 0 spiro atoms. The summed E-state index contributed by atoms with van der Waals surface area (Å²) in [6.07, 6.45) is 0.588. The van der Waals surface area contributed by atoms with E-state index in [4.69, 9.17) is 0 Å². The van der Waals surface area contributed by atoms with E-state index >= 15 is 0 Å². The van der Waals surface area contributed by atoms with Gasteiger partial charge in [-0.1, -0.05) is 15.9 Å². The molecule has 0 bridgehead atoms. The highest BCUT2D eigenvalue weighted by Gasteiger charge is 2.20. The molecule has 0 amide bonds. The Labute approximate surface area is 96.8 Å². The number of aliphatic hydroxyl groups is 1. The summed E-state index contributed by atoms with van der Waals surface area (Å²) in [5.41, 5.74) is 0.934. The van der Waals surface area contributed by atoms with Crippen LogP contribution in [0.15, 0.2) is 22.7 Å². The first-order valence-electron chi connectivity index (χ1n) is 4.99. The fraction of sp³-hybridized carbons (Fsp3) is 0.455. The van der Waals surface area contributed by atoms with Gasteiger partial charge in [0, 0.05) is 24.1 Å². The third kappa shape index (κ3) is 2.77. The number of benzene rings is 1. The molecule has 4 heteroatoms.